The molecule has 0 fully saturated rings. The quantitative estimate of drug-likeness (QED) is 0.273. The van der Waals surface area contributed by atoms with Gasteiger partial charge in [-0.05, 0) is 77.0 Å². The number of rotatable bonds is 6. The van der Waals surface area contributed by atoms with Gasteiger partial charge in [-0.2, -0.15) is 0 Å². The van der Waals surface area contributed by atoms with Crippen molar-refractivity contribution >= 4 is 34.5 Å². The predicted molar refractivity (Wildman–Crippen MR) is 116 cm³/mol. The van der Waals surface area contributed by atoms with E-state index in [9.17, 15) is 9.59 Å². The fourth-order valence-electron chi connectivity index (χ4n) is 2.53. The molecule has 0 heterocycles. The number of aryl methyl sites for hydroxylation is 1. The Morgan fingerprint density at radius 2 is 1.54 bits per heavy atom. The first-order valence-electron chi connectivity index (χ1n) is 8.82. The van der Waals surface area contributed by atoms with Gasteiger partial charge in [0.05, 0.1) is 17.7 Å². The summed E-state index contributed by atoms with van der Waals surface area (Å²) < 4.78 is 11.7. The van der Waals surface area contributed by atoms with Crippen molar-refractivity contribution in [1.29, 1.82) is 0 Å². The van der Waals surface area contributed by atoms with E-state index >= 15 is 0 Å². The maximum atomic E-state index is 12.3. The molecule has 4 nitrogen and oxygen atoms in total. The second-order valence-corrected chi connectivity index (χ2v) is 7.41. The third-order valence-corrected chi connectivity index (χ3v) is 5.34. The first-order chi connectivity index (χ1) is 13.5. The van der Waals surface area contributed by atoms with Gasteiger partial charge in [-0.1, -0.05) is 36.4 Å². The summed E-state index contributed by atoms with van der Waals surface area (Å²) in [5, 5.41) is 0. The first-order valence-corrected chi connectivity index (χ1v) is 9.90. The fraction of sp³-hybridized carbons (Fsp3) is 0.130. The molecule has 28 heavy (non-hydrogen) atoms. The monoisotopic (exact) mass is 486 g/mol. The van der Waals surface area contributed by atoms with Crippen LogP contribution in [-0.4, -0.2) is 18.5 Å². The van der Waals surface area contributed by atoms with Crippen molar-refractivity contribution in [2.75, 3.05) is 6.61 Å². The molecule has 0 spiro atoms. The summed E-state index contributed by atoms with van der Waals surface area (Å²) in [6.07, 6.45) is 0.664. The number of ether oxygens (including phenoxy) is 2. The minimum Gasteiger partial charge on any atom is -0.462 e. The lowest BCUT2D eigenvalue weighted by molar-refractivity contribution is 0.0509. The standard InChI is InChI=1S/C23H19IO4/c1-16-7-8-19(15-21(16)24)23(26)28-20-11-9-18(10-12-20)22(25)27-14-13-17-5-3-2-4-6-17/h2-12,15H,13-14H2,1H3. The van der Waals surface area contributed by atoms with E-state index in [1.54, 1.807) is 36.4 Å². The number of benzene rings is 3. The number of halogens is 1. The lowest BCUT2D eigenvalue weighted by Crippen LogP contribution is -2.10. The van der Waals surface area contributed by atoms with Crippen molar-refractivity contribution in [3.63, 3.8) is 0 Å². The van der Waals surface area contributed by atoms with Crippen LogP contribution in [0.5, 0.6) is 5.75 Å². The fourth-order valence-corrected chi connectivity index (χ4v) is 3.05. The van der Waals surface area contributed by atoms with E-state index in [1.165, 1.54) is 0 Å². The molecule has 0 aliphatic carbocycles. The topological polar surface area (TPSA) is 52.6 Å². The lowest BCUT2D eigenvalue weighted by atomic mass is 10.1. The average molecular weight is 486 g/mol. The summed E-state index contributed by atoms with van der Waals surface area (Å²) in [5.41, 5.74) is 3.12. The molecule has 3 rings (SSSR count). The molecule has 0 saturated carbocycles. The smallest absolute Gasteiger partial charge is 0.343 e. The Labute approximate surface area is 177 Å². The van der Waals surface area contributed by atoms with E-state index in [0.29, 0.717) is 29.9 Å². The van der Waals surface area contributed by atoms with E-state index in [4.69, 9.17) is 9.47 Å². The molecule has 0 N–H and O–H groups in total. The summed E-state index contributed by atoms with van der Waals surface area (Å²) in [5.74, 6) is -0.459. The minimum atomic E-state index is -0.434. The average Bonchev–Trinajstić information content (AvgIpc) is 2.71. The van der Waals surface area contributed by atoms with Crippen LogP contribution in [0.15, 0.2) is 72.8 Å². The van der Waals surface area contributed by atoms with Gasteiger partial charge < -0.3 is 9.47 Å². The molecule has 0 unspecified atom stereocenters. The molecule has 3 aromatic rings. The number of esters is 2. The summed E-state index contributed by atoms with van der Waals surface area (Å²) in [7, 11) is 0. The molecule has 0 atom stereocenters. The molecule has 0 saturated heterocycles. The van der Waals surface area contributed by atoms with Crippen LogP contribution in [0, 0.1) is 10.5 Å². The summed E-state index contributed by atoms with van der Waals surface area (Å²) in [4.78, 5) is 24.4. The molecule has 0 radical (unpaired) electrons. The molecule has 0 amide bonds. The van der Waals surface area contributed by atoms with Crippen molar-refractivity contribution < 1.29 is 19.1 Å². The zero-order valence-corrected chi connectivity index (χ0v) is 17.5. The Morgan fingerprint density at radius 1 is 0.857 bits per heavy atom. The van der Waals surface area contributed by atoms with Crippen LogP contribution < -0.4 is 4.74 Å². The molecule has 0 aliphatic rings. The van der Waals surface area contributed by atoms with Gasteiger partial charge in [0.1, 0.15) is 5.75 Å². The van der Waals surface area contributed by atoms with E-state index < -0.39 is 11.9 Å². The molecule has 3 aromatic carbocycles. The Morgan fingerprint density at radius 3 is 2.21 bits per heavy atom. The van der Waals surface area contributed by atoms with Crippen LogP contribution in [0.4, 0.5) is 0 Å². The van der Waals surface area contributed by atoms with Gasteiger partial charge in [0.2, 0.25) is 0 Å². The highest BCUT2D eigenvalue weighted by Gasteiger charge is 2.12. The lowest BCUT2D eigenvalue weighted by Gasteiger charge is -2.08. The molecule has 142 valence electrons. The minimum absolute atomic E-state index is 0.311. The Bertz CT molecular complexity index is 966. The highest BCUT2D eigenvalue weighted by atomic mass is 127. The maximum absolute atomic E-state index is 12.3. The van der Waals surface area contributed by atoms with Gasteiger partial charge in [0, 0.05) is 9.99 Å². The van der Waals surface area contributed by atoms with Crippen LogP contribution in [-0.2, 0) is 11.2 Å². The van der Waals surface area contributed by atoms with Crippen LogP contribution in [0.2, 0.25) is 0 Å². The van der Waals surface area contributed by atoms with Crippen molar-refractivity contribution in [3.05, 3.63) is 98.6 Å². The summed E-state index contributed by atoms with van der Waals surface area (Å²) in [6.45, 7) is 2.29. The number of carbonyl (C=O) groups is 2. The zero-order valence-electron chi connectivity index (χ0n) is 15.4. The Hall–Kier alpha value is -2.67. The molecular formula is C23H19IO4. The Kier molecular flexibility index (Phi) is 6.81. The summed E-state index contributed by atoms with van der Waals surface area (Å²) >= 11 is 2.18. The van der Waals surface area contributed by atoms with E-state index in [-0.39, 0.29) is 0 Å². The van der Waals surface area contributed by atoms with Crippen LogP contribution in [0.1, 0.15) is 31.8 Å². The van der Waals surface area contributed by atoms with Gasteiger partial charge in [-0.25, -0.2) is 9.59 Å². The first kappa shape index (κ1) is 20.1. The van der Waals surface area contributed by atoms with Gasteiger partial charge in [0.25, 0.3) is 0 Å². The molecule has 5 heteroatoms. The Balaban J connectivity index is 1.54. The zero-order chi connectivity index (χ0) is 19.9. The maximum Gasteiger partial charge on any atom is 0.343 e. The van der Waals surface area contributed by atoms with Gasteiger partial charge in [-0.15, -0.1) is 0 Å². The number of carbonyl (C=O) groups excluding carboxylic acids is 2. The molecule has 0 aromatic heterocycles. The third kappa shape index (κ3) is 5.42. The summed E-state index contributed by atoms with van der Waals surface area (Å²) in [6, 6.07) is 21.6. The van der Waals surface area contributed by atoms with Crippen molar-refractivity contribution in [2.45, 2.75) is 13.3 Å². The van der Waals surface area contributed by atoms with Crippen LogP contribution in [0.25, 0.3) is 0 Å². The van der Waals surface area contributed by atoms with Crippen molar-refractivity contribution in [3.8, 4) is 5.75 Å². The van der Waals surface area contributed by atoms with E-state index in [2.05, 4.69) is 22.6 Å². The molecule has 0 aliphatic heterocycles. The van der Waals surface area contributed by atoms with Gasteiger partial charge in [0.15, 0.2) is 0 Å². The number of hydrogen-bond donors (Lipinski definition) is 0. The molecular weight excluding hydrogens is 467 g/mol. The second-order valence-electron chi connectivity index (χ2n) is 6.25. The van der Waals surface area contributed by atoms with Crippen molar-refractivity contribution in [1.82, 2.24) is 0 Å². The highest BCUT2D eigenvalue weighted by molar-refractivity contribution is 14.1. The predicted octanol–water partition coefficient (Wildman–Crippen LogP) is 5.22. The van der Waals surface area contributed by atoms with Gasteiger partial charge in [-0.3, -0.25) is 0 Å². The third-order valence-electron chi connectivity index (χ3n) is 4.17. The highest BCUT2D eigenvalue weighted by Crippen LogP contribution is 2.18. The van der Waals surface area contributed by atoms with E-state index in [1.807, 2.05) is 43.3 Å². The second kappa shape index (κ2) is 9.50. The van der Waals surface area contributed by atoms with E-state index in [0.717, 1.165) is 14.7 Å². The normalized spacial score (nSPS) is 10.4. The molecule has 0 bridgehead atoms. The van der Waals surface area contributed by atoms with Crippen LogP contribution in [0.3, 0.4) is 0 Å². The number of hydrogen-bond acceptors (Lipinski definition) is 4. The van der Waals surface area contributed by atoms with Crippen molar-refractivity contribution in [2.24, 2.45) is 0 Å². The largest absolute Gasteiger partial charge is 0.462 e. The SMILES string of the molecule is Cc1ccc(C(=O)Oc2ccc(C(=O)OCCc3ccccc3)cc2)cc1I. The van der Waals surface area contributed by atoms with Crippen LogP contribution >= 0.6 is 22.6 Å². The van der Waals surface area contributed by atoms with Gasteiger partial charge >= 0.3 is 11.9 Å².